The highest BCUT2D eigenvalue weighted by Gasteiger charge is 2.27. The van der Waals surface area contributed by atoms with E-state index in [0.717, 1.165) is 56.0 Å². The summed E-state index contributed by atoms with van der Waals surface area (Å²) in [6.45, 7) is 5.88. The Labute approximate surface area is 166 Å². The molecule has 6 nitrogen and oxygen atoms in total. The molecule has 2 heterocycles. The minimum atomic E-state index is 0.0912. The lowest BCUT2D eigenvalue weighted by atomic mass is 9.96. The molecule has 2 aromatic rings. The van der Waals surface area contributed by atoms with Crippen LogP contribution in [-0.4, -0.2) is 33.3 Å². The molecule has 1 saturated heterocycles. The number of nitrogens with one attached hydrogen (secondary N) is 2. The summed E-state index contributed by atoms with van der Waals surface area (Å²) in [5, 5.41) is 7.50. The van der Waals surface area contributed by atoms with Gasteiger partial charge in [0.05, 0.1) is 13.1 Å². The second-order valence-electron chi connectivity index (χ2n) is 7.35. The number of likely N-dealkylation sites (tertiary alicyclic amines) is 1. The van der Waals surface area contributed by atoms with Crippen LogP contribution < -0.4 is 10.2 Å². The standard InChI is InChI=1S/C20H29N5OS/c1-2-3-7-12-24-15-21-25(20(24)27)16-23-13-10-17(11-14-23)19(26)22-18-8-5-4-6-9-18/h4-6,8-9,15,17H,2-3,7,10-14,16H2,1H3,(H,22,26)/p+1. The summed E-state index contributed by atoms with van der Waals surface area (Å²) in [7, 11) is 0. The Hall–Kier alpha value is -1.99. The number of hydrogen-bond acceptors (Lipinski definition) is 3. The maximum Gasteiger partial charge on any atom is 0.227 e. The van der Waals surface area contributed by atoms with E-state index in [1.54, 1.807) is 0 Å². The molecule has 1 aromatic heterocycles. The topological polar surface area (TPSA) is 56.3 Å². The first-order chi connectivity index (χ1) is 13.2. The molecule has 3 rings (SSSR count). The van der Waals surface area contributed by atoms with Crippen molar-refractivity contribution in [1.82, 2.24) is 14.3 Å². The number of piperidine rings is 1. The van der Waals surface area contributed by atoms with Crippen molar-refractivity contribution in [3.05, 3.63) is 41.4 Å². The number of carbonyl (C=O) groups is 1. The van der Waals surface area contributed by atoms with Crippen molar-refractivity contribution in [2.45, 2.75) is 52.2 Å². The zero-order valence-electron chi connectivity index (χ0n) is 16.1. The van der Waals surface area contributed by atoms with Crippen LogP contribution in [0.15, 0.2) is 36.7 Å². The molecule has 0 aliphatic carbocycles. The average molecular weight is 389 g/mol. The number of aryl methyl sites for hydroxylation is 1. The zero-order valence-corrected chi connectivity index (χ0v) is 16.9. The smallest absolute Gasteiger partial charge is 0.227 e. The van der Waals surface area contributed by atoms with Crippen molar-refractivity contribution in [2.75, 3.05) is 18.4 Å². The molecule has 0 saturated carbocycles. The Morgan fingerprint density at radius 3 is 2.70 bits per heavy atom. The Morgan fingerprint density at radius 2 is 2.00 bits per heavy atom. The number of benzene rings is 1. The minimum Gasteiger partial charge on any atom is -0.326 e. The number of para-hydroxylation sites is 1. The quantitative estimate of drug-likeness (QED) is 0.540. The molecule has 7 heteroatoms. The van der Waals surface area contributed by atoms with E-state index >= 15 is 0 Å². The summed E-state index contributed by atoms with van der Waals surface area (Å²) in [6.07, 6.45) is 7.23. The monoisotopic (exact) mass is 388 g/mol. The van der Waals surface area contributed by atoms with Crippen LogP contribution in [0.25, 0.3) is 0 Å². The number of quaternary nitrogens is 1. The first kappa shape index (κ1) is 19.8. The van der Waals surface area contributed by atoms with Gasteiger partial charge in [0, 0.05) is 31.0 Å². The predicted molar refractivity (Wildman–Crippen MR) is 109 cm³/mol. The summed E-state index contributed by atoms with van der Waals surface area (Å²) >= 11 is 5.57. The minimum absolute atomic E-state index is 0.0912. The second kappa shape index (κ2) is 9.80. The van der Waals surface area contributed by atoms with Crippen molar-refractivity contribution in [1.29, 1.82) is 0 Å². The van der Waals surface area contributed by atoms with Crippen LogP contribution in [0, 0.1) is 10.7 Å². The number of hydrogen-bond donors (Lipinski definition) is 2. The Balaban J connectivity index is 1.47. The van der Waals surface area contributed by atoms with E-state index in [-0.39, 0.29) is 11.8 Å². The normalized spacial score (nSPS) is 19.7. The highest BCUT2D eigenvalue weighted by Crippen LogP contribution is 2.14. The van der Waals surface area contributed by atoms with E-state index in [4.69, 9.17) is 12.2 Å². The lowest BCUT2D eigenvalue weighted by Crippen LogP contribution is -3.12. The third-order valence-electron chi connectivity index (χ3n) is 5.28. The highest BCUT2D eigenvalue weighted by atomic mass is 32.1. The van der Waals surface area contributed by atoms with E-state index in [1.165, 1.54) is 17.7 Å². The van der Waals surface area contributed by atoms with Gasteiger partial charge in [0.15, 0.2) is 6.67 Å². The van der Waals surface area contributed by atoms with E-state index in [0.29, 0.717) is 0 Å². The largest absolute Gasteiger partial charge is 0.326 e. The van der Waals surface area contributed by atoms with Gasteiger partial charge in [-0.2, -0.15) is 9.78 Å². The summed E-state index contributed by atoms with van der Waals surface area (Å²) in [5.41, 5.74) is 0.872. The van der Waals surface area contributed by atoms with Gasteiger partial charge in [-0.1, -0.05) is 38.0 Å². The maximum atomic E-state index is 12.5. The van der Waals surface area contributed by atoms with Gasteiger partial charge in [0.25, 0.3) is 0 Å². The summed E-state index contributed by atoms with van der Waals surface area (Å²) in [4.78, 5) is 13.9. The fourth-order valence-electron chi connectivity index (χ4n) is 3.59. The first-order valence-electron chi connectivity index (χ1n) is 9.99. The first-order valence-corrected chi connectivity index (χ1v) is 10.4. The lowest BCUT2D eigenvalue weighted by Gasteiger charge is -2.28. The van der Waals surface area contributed by atoms with E-state index in [9.17, 15) is 4.79 Å². The van der Waals surface area contributed by atoms with E-state index in [2.05, 4.69) is 21.9 Å². The van der Waals surface area contributed by atoms with Gasteiger partial charge < -0.3 is 14.8 Å². The summed E-state index contributed by atoms with van der Waals surface area (Å²) < 4.78 is 4.81. The molecule has 0 unspecified atom stereocenters. The van der Waals surface area contributed by atoms with Crippen molar-refractivity contribution in [2.24, 2.45) is 5.92 Å². The van der Waals surface area contributed by atoms with Gasteiger partial charge in [0.1, 0.15) is 6.33 Å². The fourth-order valence-corrected chi connectivity index (χ4v) is 3.84. The van der Waals surface area contributed by atoms with Crippen LogP contribution in [0.4, 0.5) is 5.69 Å². The number of anilines is 1. The maximum absolute atomic E-state index is 12.5. The van der Waals surface area contributed by atoms with E-state index in [1.807, 2.05) is 41.3 Å². The molecule has 27 heavy (non-hydrogen) atoms. The molecule has 2 N–H and O–H groups in total. The molecule has 0 bridgehead atoms. The van der Waals surface area contributed by atoms with Gasteiger partial charge in [-0.25, -0.2) is 0 Å². The van der Waals surface area contributed by atoms with Crippen LogP contribution >= 0.6 is 12.2 Å². The second-order valence-corrected chi connectivity index (χ2v) is 7.72. The van der Waals surface area contributed by atoms with Crippen molar-refractivity contribution < 1.29 is 9.69 Å². The van der Waals surface area contributed by atoms with Gasteiger partial charge in [-0.05, 0) is 30.8 Å². The molecule has 1 amide bonds. The third-order valence-corrected chi connectivity index (χ3v) is 5.72. The molecular formula is C20H30N5OS+. The van der Waals surface area contributed by atoms with Crippen molar-refractivity contribution >= 4 is 23.8 Å². The Morgan fingerprint density at radius 1 is 1.26 bits per heavy atom. The number of carbonyl (C=O) groups excluding carboxylic acids is 1. The Bertz CT molecular complexity index is 777. The summed E-state index contributed by atoms with van der Waals surface area (Å²) in [5.74, 6) is 0.227. The van der Waals surface area contributed by atoms with Crippen LogP contribution in [0.1, 0.15) is 39.0 Å². The van der Waals surface area contributed by atoms with Crippen LogP contribution in [0.5, 0.6) is 0 Å². The molecule has 1 aliphatic rings. The number of amides is 1. The van der Waals surface area contributed by atoms with Gasteiger partial charge >= 0.3 is 0 Å². The zero-order chi connectivity index (χ0) is 19.1. The predicted octanol–water partition coefficient (Wildman–Crippen LogP) is 2.50. The average Bonchev–Trinajstić information content (AvgIpc) is 3.03. The van der Waals surface area contributed by atoms with Crippen molar-refractivity contribution in [3.8, 4) is 0 Å². The number of unbranched alkanes of at least 4 members (excludes halogenated alkanes) is 2. The van der Waals surface area contributed by atoms with Crippen LogP contribution in [-0.2, 0) is 18.0 Å². The Kier molecular flexibility index (Phi) is 7.18. The van der Waals surface area contributed by atoms with Crippen molar-refractivity contribution in [3.63, 3.8) is 0 Å². The summed E-state index contributed by atoms with van der Waals surface area (Å²) in [6, 6.07) is 9.68. The van der Waals surface area contributed by atoms with Gasteiger partial charge in [-0.3, -0.25) is 4.79 Å². The molecule has 1 aromatic carbocycles. The SMILES string of the molecule is CCCCCn1cnn(C[NH+]2CCC(C(=O)Nc3ccccc3)CC2)c1=S. The van der Waals surface area contributed by atoms with Gasteiger partial charge in [0.2, 0.25) is 10.7 Å². The number of aromatic nitrogens is 3. The lowest BCUT2D eigenvalue weighted by molar-refractivity contribution is -0.928. The molecule has 146 valence electrons. The molecular weight excluding hydrogens is 358 g/mol. The van der Waals surface area contributed by atoms with Crippen LogP contribution in [0.3, 0.4) is 0 Å². The molecule has 0 radical (unpaired) electrons. The van der Waals surface area contributed by atoms with Crippen LogP contribution in [0.2, 0.25) is 0 Å². The number of nitrogens with zero attached hydrogens (tertiary/aromatic N) is 3. The van der Waals surface area contributed by atoms with E-state index < -0.39 is 0 Å². The third kappa shape index (κ3) is 5.49. The van der Waals surface area contributed by atoms with Gasteiger partial charge in [-0.15, -0.1) is 0 Å². The molecule has 0 spiro atoms. The highest BCUT2D eigenvalue weighted by molar-refractivity contribution is 7.71. The fraction of sp³-hybridized carbons (Fsp3) is 0.550. The number of rotatable bonds is 8. The molecule has 0 atom stereocenters. The molecule has 1 aliphatic heterocycles. The molecule has 1 fully saturated rings.